The summed E-state index contributed by atoms with van der Waals surface area (Å²) in [5, 5.41) is 11.8. The molecule has 194 valence electrons. The number of unbranched alkanes of at least 4 members (excludes halogenated alkanes) is 4. The molecule has 0 spiro atoms. The molecule has 0 aliphatic heterocycles. The van der Waals surface area contributed by atoms with E-state index in [1.807, 2.05) is 48.5 Å². The van der Waals surface area contributed by atoms with Crippen LogP contribution in [-0.2, 0) is 11.2 Å². The number of aliphatic hydroxyl groups excluding tert-OH is 1. The molecule has 0 bridgehead atoms. The number of benzene rings is 2. The number of nitrogens with two attached hydrogens (primary N) is 1. The van der Waals surface area contributed by atoms with E-state index in [4.69, 9.17) is 28.9 Å². The molecule has 0 fully saturated rings. The number of aryl methyl sites for hydroxylation is 1. The molecule has 35 heavy (non-hydrogen) atoms. The molecule has 0 radical (unpaired) electrons. The lowest BCUT2D eigenvalue weighted by Crippen LogP contribution is -2.39. The molecule has 0 saturated heterocycles. The number of halogens is 2. The first-order chi connectivity index (χ1) is 16.9. The molecule has 3 N–H and O–H groups in total. The van der Waals surface area contributed by atoms with Gasteiger partial charge < -0.3 is 10.8 Å². The van der Waals surface area contributed by atoms with Gasteiger partial charge in [0, 0.05) is 42.0 Å². The number of aliphatic hydroxyl groups is 1. The minimum atomic E-state index is -0.587. The molecule has 2 atom stereocenters. The fourth-order valence-electron chi connectivity index (χ4n) is 4.45. The van der Waals surface area contributed by atoms with Gasteiger partial charge in [-0.25, -0.2) is 0 Å². The maximum absolute atomic E-state index is 12.8. The van der Waals surface area contributed by atoms with Gasteiger partial charge in [0.1, 0.15) is 5.78 Å². The molecule has 0 saturated carbocycles. The Morgan fingerprint density at radius 3 is 2.17 bits per heavy atom. The fourth-order valence-corrected chi connectivity index (χ4v) is 4.70. The van der Waals surface area contributed by atoms with Crippen molar-refractivity contribution in [2.24, 2.45) is 5.73 Å². The molecule has 2 unspecified atom stereocenters. The predicted molar refractivity (Wildman–Crippen MR) is 148 cm³/mol. The fraction of sp³-hybridized carbons (Fsp3) is 0.552. The smallest absolute Gasteiger partial charge is 0.132 e. The highest BCUT2D eigenvalue weighted by atomic mass is 35.5. The predicted octanol–water partition coefficient (Wildman–Crippen LogP) is 7.00. The van der Waals surface area contributed by atoms with Crippen molar-refractivity contribution in [3.8, 4) is 0 Å². The van der Waals surface area contributed by atoms with Crippen LogP contribution in [0.5, 0.6) is 0 Å². The molecular formula is C29H42Cl2N2O2. The number of hydrogen-bond acceptors (Lipinski definition) is 4. The van der Waals surface area contributed by atoms with E-state index in [2.05, 4.69) is 11.8 Å². The van der Waals surface area contributed by atoms with Crippen molar-refractivity contribution in [3.63, 3.8) is 0 Å². The van der Waals surface area contributed by atoms with E-state index < -0.39 is 6.10 Å². The van der Waals surface area contributed by atoms with Gasteiger partial charge in [-0.1, -0.05) is 80.1 Å². The van der Waals surface area contributed by atoms with Gasteiger partial charge in [0.15, 0.2) is 0 Å². The van der Waals surface area contributed by atoms with E-state index in [0.29, 0.717) is 30.8 Å². The third-order valence-electron chi connectivity index (χ3n) is 6.49. The SMILES string of the molecule is CCCCCCCN(CC(O)CN)C(CCC(=O)CCCc1ccc(Cl)cc1)c1ccc(Cl)cc1. The van der Waals surface area contributed by atoms with Gasteiger partial charge in [-0.15, -0.1) is 0 Å². The zero-order valence-electron chi connectivity index (χ0n) is 21.1. The largest absolute Gasteiger partial charge is 0.390 e. The Hall–Kier alpha value is -1.43. The van der Waals surface area contributed by atoms with Crippen molar-refractivity contribution in [2.75, 3.05) is 19.6 Å². The Morgan fingerprint density at radius 1 is 0.914 bits per heavy atom. The van der Waals surface area contributed by atoms with Gasteiger partial charge in [-0.3, -0.25) is 9.69 Å². The van der Waals surface area contributed by atoms with Crippen molar-refractivity contribution < 1.29 is 9.90 Å². The molecule has 0 aromatic heterocycles. The van der Waals surface area contributed by atoms with Crippen LogP contribution in [0, 0.1) is 0 Å². The second-order valence-corrected chi connectivity index (χ2v) is 10.3. The molecule has 6 heteroatoms. The lowest BCUT2D eigenvalue weighted by atomic mass is 9.96. The van der Waals surface area contributed by atoms with Crippen molar-refractivity contribution in [2.45, 2.75) is 83.3 Å². The summed E-state index contributed by atoms with van der Waals surface area (Å²) < 4.78 is 0. The van der Waals surface area contributed by atoms with Crippen LogP contribution in [-0.4, -0.2) is 41.5 Å². The molecular weight excluding hydrogens is 479 g/mol. The van der Waals surface area contributed by atoms with Crippen LogP contribution < -0.4 is 5.73 Å². The van der Waals surface area contributed by atoms with Crippen molar-refractivity contribution in [1.82, 2.24) is 4.90 Å². The zero-order chi connectivity index (χ0) is 25.5. The summed E-state index contributed by atoms with van der Waals surface area (Å²) in [6, 6.07) is 15.7. The maximum atomic E-state index is 12.8. The summed E-state index contributed by atoms with van der Waals surface area (Å²) in [5.74, 6) is 0.278. The van der Waals surface area contributed by atoms with E-state index >= 15 is 0 Å². The van der Waals surface area contributed by atoms with Crippen LogP contribution in [0.2, 0.25) is 10.0 Å². The summed E-state index contributed by atoms with van der Waals surface area (Å²) in [6.07, 6.45) is 8.83. The quantitative estimate of drug-likeness (QED) is 0.207. The Balaban J connectivity index is 2.00. The Labute approximate surface area is 221 Å². The first-order valence-electron chi connectivity index (χ1n) is 13.1. The topological polar surface area (TPSA) is 66.6 Å². The Bertz CT molecular complexity index is 843. The Kier molecular flexibility index (Phi) is 14.6. The van der Waals surface area contributed by atoms with E-state index in [1.165, 1.54) is 31.2 Å². The molecule has 0 aliphatic rings. The van der Waals surface area contributed by atoms with E-state index in [0.717, 1.165) is 36.4 Å². The number of Topliss-reactive ketones (excluding diaryl/α,β-unsaturated/α-hetero) is 1. The third-order valence-corrected chi connectivity index (χ3v) is 7.00. The lowest BCUT2D eigenvalue weighted by molar-refractivity contribution is -0.119. The van der Waals surface area contributed by atoms with Crippen LogP contribution in [0.3, 0.4) is 0 Å². The molecule has 2 aromatic rings. The minimum absolute atomic E-state index is 0.0415. The van der Waals surface area contributed by atoms with Crippen LogP contribution in [0.4, 0.5) is 0 Å². The first kappa shape index (κ1) is 29.8. The van der Waals surface area contributed by atoms with Crippen LogP contribution in [0.15, 0.2) is 48.5 Å². The average molecular weight is 522 g/mol. The molecule has 0 heterocycles. The van der Waals surface area contributed by atoms with E-state index in [-0.39, 0.29) is 18.4 Å². The summed E-state index contributed by atoms with van der Waals surface area (Å²) >= 11 is 12.1. The van der Waals surface area contributed by atoms with Gasteiger partial charge in [-0.2, -0.15) is 0 Å². The van der Waals surface area contributed by atoms with E-state index in [9.17, 15) is 9.90 Å². The third kappa shape index (κ3) is 11.9. The van der Waals surface area contributed by atoms with Gasteiger partial charge in [0.2, 0.25) is 0 Å². The summed E-state index contributed by atoms with van der Waals surface area (Å²) in [5.41, 5.74) is 8.08. The number of rotatable bonds is 18. The van der Waals surface area contributed by atoms with Crippen LogP contribution in [0.1, 0.15) is 81.9 Å². The second-order valence-electron chi connectivity index (χ2n) is 9.42. The lowest BCUT2D eigenvalue weighted by Gasteiger charge is -2.34. The number of ketones is 1. The summed E-state index contributed by atoms with van der Waals surface area (Å²) in [7, 11) is 0. The molecule has 0 aliphatic carbocycles. The molecule has 2 aromatic carbocycles. The summed E-state index contributed by atoms with van der Waals surface area (Å²) in [4.78, 5) is 15.1. The van der Waals surface area contributed by atoms with Crippen molar-refractivity contribution in [3.05, 3.63) is 69.7 Å². The average Bonchev–Trinajstić information content (AvgIpc) is 2.85. The number of hydrogen-bond donors (Lipinski definition) is 2. The standard InChI is InChI=1S/C29H42Cl2N2O2/c1-2-3-4-5-6-20-33(22-28(35)21-32)29(24-12-16-26(31)17-13-24)19-18-27(34)9-7-8-23-10-14-25(30)15-11-23/h10-17,28-29,35H,2-9,18-22,32H2,1H3. The highest BCUT2D eigenvalue weighted by Gasteiger charge is 2.23. The van der Waals surface area contributed by atoms with Gasteiger partial charge in [0.05, 0.1) is 6.10 Å². The molecule has 2 rings (SSSR count). The number of carbonyl (C=O) groups excluding carboxylic acids is 1. The van der Waals surface area contributed by atoms with Crippen molar-refractivity contribution >= 4 is 29.0 Å². The van der Waals surface area contributed by atoms with Crippen LogP contribution >= 0.6 is 23.2 Å². The monoisotopic (exact) mass is 520 g/mol. The van der Waals surface area contributed by atoms with Crippen molar-refractivity contribution in [1.29, 1.82) is 0 Å². The molecule has 4 nitrogen and oxygen atoms in total. The van der Waals surface area contributed by atoms with E-state index in [1.54, 1.807) is 0 Å². The zero-order valence-corrected chi connectivity index (χ0v) is 22.6. The highest BCUT2D eigenvalue weighted by molar-refractivity contribution is 6.30. The number of carbonyl (C=O) groups is 1. The van der Waals surface area contributed by atoms with Gasteiger partial charge in [0.25, 0.3) is 0 Å². The van der Waals surface area contributed by atoms with Crippen LogP contribution in [0.25, 0.3) is 0 Å². The number of nitrogens with zero attached hydrogens (tertiary/aromatic N) is 1. The maximum Gasteiger partial charge on any atom is 0.132 e. The highest BCUT2D eigenvalue weighted by Crippen LogP contribution is 2.28. The summed E-state index contributed by atoms with van der Waals surface area (Å²) in [6.45, 7) is 3.82. The van der Waals surface area contributed by atoms with Gasteiger partial charge >= 0.3 is 0 Å². The first-order valence-corrected chi connectivity index (χ1v) is 13.8. The van der Waals surface area contributed by atoms with Gasteiger partial charge in [-0.05, 0) is 67.6 Å². The molecule has 0 amide bonds. The second kappa shape index (κ2) is 17.1. The normalized spacial score (nSPS) is 13.2. The minimum Gasteiger partial charge on any atom is -0.390 e. The Morgan fingerprint density at radius 2 is 1.54 bits per heavy atom.